The normalized spacial score (nSPS) is 14.4. The van der Waals surface area contributed by atoms with E-state index in [4.69, 9.17) is 4.74 Å². The van der Waals surface area contributed by atoms with Crippen molar-refractivity contribution in [3.05, 3.63) is 48.0 Å². The van der Waals surface area contributed by atoms with E-state index in [-0.39, 0.29) is 5.56 Å². The first-order valence-corrected chi connectivity index (χ1v) is 10.8. The Kier molecular flexibility index (Phi) is 7.79. The summed E-state index contributed by atoms with van der Waals surface area (Å²) in [6.07, 6.45) is 8.39. The lowest BCUT2D eigenvalue weighted by molar-refractivity contribution is 0.0697. The van der Waals surface area contributed by atoms with Gasteiger partial charge in [-0.3, -0.25) is 0 Å². The van der Waals surface area contributed by atoms with Gasteiger partial charge in [0, 0.05) is 13.1 Å². The maximum atomic E-state index is 11.7. The second-order valence-electron chi connectivity index (χ2n) is 7.79. The third-order valence-corrected chi connectivity index (χ3v) is 5.45. The quantitative estimate of drug-likeness (QED) is 0.406. The molecular formula is C24H32N2O3. The molecule has 1 fully saturated rings. The number of hydrogen-bond acceptors (Lipinski definition) is 4. The molecule has 0 bridgehead atoms. The van der Waals surface area contributed by atoms with Gasteiger partial charge in [0.15, 0.2) is 5.75 Å². The molecule has 29 heavy (non-hydrogen) atoms. The molecule has 0 radical (unpaired) electrons. The number of carboxylic acids is 1. The summed E-state index contributed by atoms with van der Waals surface area (Å²) in [5.41, 5.74) is 1.71. The van der Waals surface area contributed by atoms with Crippen molar-refractivity contribution in [3.8, 4) is 11.5 Å². The van der Waals surface area contributed by atoms with E-state index < -0.39 is 5.97 Å². The minimum atomic E-state index is -0.935. The average Bonchev–Trinajstić information content (AvgIpc) is 2.75. The fourth-order valence-electron chi connectivity index (χ4n) is 3.78. The lowest BCUT2D eigenvalue weighted by atomic mass is 9.89. The number of hydrogen-bond donors (Lipinski definition) is 3. The van der Waals surface area contributed by atoms with Gasteiger partial charge in [-0.05, 0) is 49.4 Å². The molecule has 5 heteroatoms. The van der Waals surface area contributed by atoms with Gasteiger partial charge in [-0.2, -0.15) is 0 Å². The first kappa shape index (κ1) is 21.0. The van der Waals surface area contributed by atoms with Crippen molar-refractivity contribution in [2.24, 2.45) is 5.92 Å². The molecule has 0 aliphatic heterocycles. The van der Waals surface area contributed by atoms with Gasteiger partial charge in [0.2, 0.25) is 0 Å². The number of carbonyl (C=O) groups is 1. The molecule has 0 heterocycles. The molecule has 1 saturated carbocycles. The van der Waals surface area contributed by atoms with Crippen molar-refractivity contribution in [1.82, 2.24) is 0 Å². The van der Waals surface area contributed by atoms with Crippen LogP contribution in [0.2, 0.25) is 0 Å². The third-order valence-electron chi connectivity index (χ3n) is 5.45. The van der Waals surface area contributed by atoms with Crippen molar-refractivity contribution in [2.45, 2.75) is 51.9 Å². The largest absolute Gasteiger partial charge is 0.478 e. The van der Waals surface area contributed by atoms with Crippen molar-refractivity contribution in [3.63, 3.8) is 0 Å². The zero-order valence-corrected chi connectivity index (χ0v) is 17.2. The first-order chi connectivity index (χ1) is 14.2. The molecule has 0 spiro atoms. The van der Waals surface area contributed by atoms with Crippen LogP contribution < -0.4 is 15.4 Å². The van der Waals surface area contributed by atoms with Crippen LogP contribution in [0.15, 0.2) is 42.5 Å². The molecule has 0 amide bonds. The van der Waals surface area contributed by atoms with Gasteiger partial charge in [0.1, 0.15) is 5.75 Å². The predicted octanol–water partition coefficient (Wildman–Crippen LogP) is 6.38. The first-order valence-electron chi connectivity index (χ1n) is 10.8. The zero-order chi connectivity index (χ0) is 20.5. The van der Waals surface area contributed by atoms with E-state index in [0.717, 1.165) is 37.4 Å². The second kappa shape index (κ2) is 10.7. The molecule has 0 aromatic heterocycles. The van der Waals surface area contributed by atoms with Crippen LogP contribution in [0.5, 0.6) is 11.5 Å². The lowest BCUT2D eigenvalue weighted by Gasteiger charge is -2.24. The smallest absolute Gasteiger partial charge is 0.335 e. The molecule has 1 aliphatic carbocycles. The van der Waals surface area contributed by atoms with E-state index in [9.17, 15) is 9.90 Å². The molecule has 156 valence electrons. The Labute approximate surface area is 173 Å². The molecule has 0 atom stereocenters. The molecule has 0 unspecified atom stereocenters. The summed E-state index contributed by atoms with van der Waals surface area (Å²) in [6, 6.07) is 13.0. The van der Waals surface area contributed by atoms with Crippen molar-refractivity contribution < 1.29 is 14.6 Å². The SMILES string of the molecule is CCCCNc1cc(C(=O)O)cc(NCC2CCCCC2)c1Oc1ccccc1. The lowest BCUT2D eigenvalue weighted by Crippen LogP contribution is -2.18. The van der Waals surface area contributed by atoms with Crippen molar-refractivity contribution >= 4 is 17.3 Å². The fourth-order valence-corrected chi connectivity index (χ4v) is 3.78. The molecule has 5 nitrogen and oxygen atoms in total. The van der Waals surface area contributed by atoms with Crippen LogP contribution in [0, 0.1) is 5.92 Å². The summed E-state index contributed by atoms with van der Waals surface area (Å²) in [6.45, 7) is 3.74. The summed E-state index contributed by atoms with van der Waals surface area (Å²) in [5, 5.41) is 16.5. The highest BCUT2D eigenvalue weighted by atomic mass is 16.5. The molecule has 1 aliphatic rings. The number of aromatic carboxylic acids is 1. The Balaban J connectivity index is 1.90. The van der Waals surface area contributed by atoms with Crippen LogP contribution in [0.4, 0.5) is 11.4 Å². The van der Waals surface area contributed by atoms with E-state index in [2.05, 4.69) is 17.6 Å². The summed E-state index contributed by atoms with van der Waals surface area (Å²) < 4.78 is 6.23. The standard InChI is InChI=1S/C24H32N2O3/c1-2-3-14-25-21-15-19(24(27)28)16-22(26-17-18-10-6-4-7-11-18)23(21)29-20-12-8-5-9-13-20/h5,8-9,12-13,15-16,18,25-26H,2-4,6-7,10-11,14,17H2,1H3,(H,27,28). The van der Waals surface area contributed by atoms with E-state index in [1.807, 2.05) is 30.3 Å². The van der Waals surface area contributed by atoms with Gasteiger partial charge in [0.25, 0.3) is 0 Å². The summed E-state index contributed by atoms with van der Waals surface area (Å²) in [5.74, 6) is 1.08. The van der Waals surface area contributed by atoms with E-state index in [1.54, 1.807) is 12.1 Å². The van der Waals surface area contributed by atoms with Crippen LogP contribution in [0.1, 0.15) is 62.2 Å². The Morgan fingerprint density at radius 2 is 1.76 bits per heavy atom. The molecule has 3 rings (SSSR count). The molecule has 2 aromatic carbocycles. The molecule has 0 saturated heterocycles. The van der Waals surface area contributed by atoms with Crippen molar-refractivity contribution in [1.29, 1.82) is 0 Å². The maximum Gasteiger partial charge on any atom is 0.335 e. The highest BCUT2D eigenvalue weighted by molar-refractivity contribution is 5.92. The number of nitrogens with one attached hydrogen (secondary N) is 2. The summed E-state index contributed by atoms with van der Waals surface area (Å²) in [7, 11) is 0. The van der Waals surface area contributed by atoms with Crippen LogP contribution in [0.25, 0.3) is 0 Å². The van der Waals surface area contributed by atoms with Gasteiger partial charge in [-0.15, -0.1) is 0 Å². The predicted molar refractivity (Wildman–Crippen MR) is 118 cm³/mol. The van der Waals surface area contributed by atoms with Crippen molar-refractivity contribution in [2.75, 3.05) is 23.7 Å². The number of unbranched alkanes of at least 4 members (excludes halogenated alkanes) is 1. The highest BCUT2D eigenvalue weighted by Crippen LogP contribution is 2.39. The minimum absolute atomic E-state index is 0.260. The van der Waals surface area contributed by atoms with Gasteiger partial charge in [-0.25, -0.2) is 4.79 Å². The Morgan fingerprint density at radius 1 is 1.07 bits per heavy atom. The number of carboxylic acid groups (broad SMARTS) is 1. The molecule has 2 aromatic rings. The maximum absolute atomic E-state index is 11.7. The monoisotopic (exact) mass is 396 g/mol. The number of benzene rings is 2. The van der Waals surface area contributed by atoms with Gasteiger partial charge in [-0.1, -0.05) is 50.8 Å². The third kappa shape index (κ3) is 6.14. The average molecular weight is 397 g/mol. The van der Waals surface area contributed by atoms with Gasteiger partial charge in [0.05, 0.1) is 16.9 Å². The van der Waals surface area contributed by atoms with Gasteiger partial charge >= 0.3 is 5.97 Å². The Bertz CT molecular complexity index is 786. The topological polar surface area (TPSA) is 70.6 Å². The zero-order valence-electron chi connectivity index (χ0n) is 17.2. The van der Waals surface area contributed by atoms with Crippen LogP contribution >= 0.6 is 0 Å². The van der Waals surface area contributed by atoms with E-state index in [1.165, 1.54) is 32.1 Å². The molecule has 3 N–H and O–H groups in total. The van der Waals surface area contributed by atoms with Crippen LogP contribution in [-0.4, -0.2) is 24.2 Å². The number of rotatable bonds is 10. The van der Waals surface area contributed by atoms with Gasteiger partial charge < -0.3 is 20.5 Å². The van der Waals surface area contributed by atoms with E-state index >= 15 is 0 Å². The van der Waals surface area contributed by atoms with Crippen LogP contribution in [-0.2, 0) is 0 Å². The number of ether oxygens (including phenoxy) is 1. The Hall–Kier alpha value is -2.69. The minimum Gasteiger partial charge on any atom is -0.478 e. The Morgan fingerprint density at radius 3 is 2.41 bits per heavy atom. The summed E-state index contributed by atoms with van der Waals surface area (Å²) >= 11 is 0. The fraction of sp³-hybridized carbons (Fsp3) is 0.458. The second-order valence-corrected chi connectivity index (χ2v) is 7.79. The number of anilines is 2. The summed E-state index contributed by atoms with van der Waals surface area (Å²) in [4.78, 5) is 11.7. The van der Waals surface area contributed by atoms with E-state index in [0.29, 0.717) is 17.4 Å². The molecular weight excluding hydrogens is 364 g/mol. The highest BCUT2D eigenvalue weighted by Gasteiger charge is 2.19. The number of para-hydroxylation sites is 1. The van der Waals surface area contributed by atoms with Crippen LogP contribution in [0.3, 0.4) is 0 Å².